The molecule has 16 heavy (non-hydrogen) atoms. The van der Waals surface area contributed by atoms with Gasteiger partial charge in [-0.05, 0) is 5.56 Å². The summed E-state index contributed by atoms with van der Waals surface area (Å²) >= 11 is 0. The van der Waals surface area contributed by atoms with Crippen LogP contribution in [0.4, 0.5) is 11.6 Å². The molecule has 0 aliphatic heterocycles. The molecule has 0 aliphatic carbocycles. The average molecular weight is 216 g/mol. The van der Waals surface area contributed by atoms with E-state index in [1.54, 1.807) is 0 Å². The molecule has 0 aliphatic rings. The molecule has 1 aromatic heterocycles. The molecule has 0 amide bonds. The quantitative estimate of drug-likeness (QED) is 0.790. The number of nitrogens with two attached hydrogens (primary N) is 2. The molecule has 0 radical (unpaired) electrons. The molecule has 5 heteroatoms. The Morgan fingerprint density at radius 3 is 2.06 bits per heavy atom. The Kier molecular flexibility index (Phi) is 2.59. The Hall–Kier alpha value is -2.30. The second-order valence-corrected chi connectivity index (χ2v) is 3.22. The minimum absolute atomic E-state index is 0.176. The molecule has 0 atom stereocenters. The molecule has 2 rings (SSSR count). The first kappa shape index (κ1) is 10.2. The number of ether oxygens (including phenoxy) is 1. The lowest BCUT2D eigenvalue weighted by Gasteiger charge is -2.09. The van der Waals surface area contributed by atoms with Crippen molar-refractivity contribution in [3.8, 4) is 17.1 Å². The number of aromatic nitrogens is 2. The van der Waals surface area contributed by atoms with E-state index in [4.69, 9.17) is 16.2 Å². The normalized spacial score (nSPS) is 10.1. The maximum absolute atomic E-state index is 5.82. The molecule has 0 unspecified atom stereocenters. The molecule has 0 saturated heterocycles. The van der Waals surface area contributed by atoms with Crippen LogP contribution in [0.1, 0.15) is 0 Å². The molecule has 1 aromatic carbocycles. The molecule has 1 heterocycles. The average Bonchev–Trinajstić information content (AvgIpc) is 2.29. The fourth-order valence-electron chi connectivity index (χ4n) is 1.47. The largest absolute Gasteiger partial charge is 0.467 e. The van der Waals surface area contributed by atoms with E-state index < -0.39 is 0 Å². The Morgan fingerprint density at radius 2 is 1.56 bits per heavy atom. The smallest absolute Gasteiger partial charge is 0.320 e. The van der Waals surface area contributed by atoms with Crippen LogP contribution in [0.25, 0.3) is 11.1 Å². The minimum atomic E-state index is 0.176. The number of nitrogens with zero attached hydrogens (tertiary/aromatic N) is 2. The lowest BCUT2D eigenvalue weighted by molar-refractivity contribution is 0.381. The summed E-state index contributed by atoms with van der Waals surface area (Å²) in [7, 11) is 1.47. The highest BCUT2D eigenvalue weighted by atomic mass is 16.5. The van der Waals surface area contributed by atoms with Gasteiger partial charge in [0.2, 0.25) is 0 Å². The van der Waals surface area contributed by atoms with Crippen LogP contribution in [0.3, 0.4) is 0 Å². The van der Waals surface area contributed by atoms with E-state index in [0.29, 0.717) is 17.2 Å². The Morgan fingerprint density at radius 1 is 1.00 bits per heavy atom. The summed E-state index contributed by atoms with van der Waals surface area (Å²) in [6, 6.07) is 9.70. The van der Waals surface area contributed by atoms with E-state index in [-0.39, 0.29) is 6.01 Å². The van der Waals surface area contributed by atoms with E-state index in [1.165, 1.54) is 7.11 Å². The highest BCUT2D eigenvalue weighted by Gasteiger charge is 2.11. The molecular weight excluding hydrogens is 204 g/mol. The van der Waals surface area contributed by atoms with Crippen LogP contribution in [0.15, 0.2) is 30.3 Å². The van der Waals surface area contributed by atoms with Crippen LogP contribution in [0.2, 0.25) is 0 Å². The highest BCUT2D eigenvalue weighted by Crippen LogP contribution is 2.30. The fraction of sp³-hybridized carbons (Fsp3) is 0.0909. The molecule has 0 bridgehead atoms. The van der Waals surface area contributed by atoms with Gasteiger partial charge in [0.25, 0.3) is 0 Å². The van der Waals surface area contributed by atoms with E-state index in [2.05, 4.69) is 9.97 Å². The zero-order valence-electron chi connectivity index (χ0n) is 8.84. The first-order valence-corrected chi connectivity index (χ1v) is 4.74. The molecular formula is C11H12N4O. The zero-order valence-corrected chi connectivity index (χ0v) is 8.84. The topological polar surface area (TPSA) is 87.0 Å². The number of methoxy groups -OCH3 is 1. The van der Waals surface area contributed by atoms with Gasteiger partial charge >= 0.3 is 6.01 Å². The summed E-state index contributed by atoms with van der Waals surface area (Å²) < 4.78 is 4.88. The van der Waals surface area contributed by atoms with Crippen molar-refractivity contribution in [3.05, 3.63) is 30.3 Å². The summed E-state index contributed by atoms with van der Waals surface area (Å²) in [5.41, 5.74) is 13.2. The fourth-order valence-corrected chi connectivity index (χ4v) is 1.47. The summed E-state index contributed by atoms with van der Waals surface area (Å²) in [4.78, 5) is 7.99. The van der Waals surface area contributed by atoms with Gasteiger partial charge < -0.3 is 16.2 Å². The van der Waals surface area contributed by atoms with Crippen molar-refractivity contribution in [2.75, 3.05) is 18.6 Å². The molecule has 0 spiro atoms. The molecule has 82 valence electrons. The third kappa shape index (κ3) is 1.75. The molecule has 5 nitrogen and oxygen atoms in total. The van der Waals surface area contributed by atoms with Gasteiger partial charge in [-0.25, -0.2) is 0 Å². The number of benzene rings is 1. The van der Waals surface area contributed by atoms with Gasteiger partial charge in [-0.1, -0.05) is 30.3 Å². The lowest BCUT2D eigenvalue weighted by atomic mass is 10.1. The van der Waals surface area contributed by atoms with Gasteiger partial charge in [-0.2, -0.15) is 9.97 Å². The Bertz CT molecular complexity index is 476. The van der Waals surface area contributed by atoms with Gasteiger partial charge in [-0.3, -0.25) is 0 Å². The van der Waals surface area contributed by atoms with Crippen molar-refractivity contribution >= 4 is 11.6 Å². The second kappa shape index (κ2) is 4.06. The van der Waals surface area contributed by atoms with Crippen molar-refractivity contribution < 1.29 is 4.74 Å². The third-order valence-electron chi connectivity index (χ3n) is 2.19. The minimum Gasteiger partial charge on any atom is -0.467 e. The van der Waals surface area contributed by atoms with E-state index >= 15 is 0 Å². The molecule has 0 saturated carbocycles. The second-order valence-electron chi connectivity index (χ2n) is 3.22. The lowest BCUT2D eigenvalue weighted by Crippen LogP contribution is -2.04. The number of anilines is 2. The van der Waals surface area contributed by atoms with Crippen LogP contribution in [0.5, 0.6) is 6.01 Å². The standard InChI is InChI=1S/C11H12N4O/c1-16-11-14-9(12)8(10(13)15-11)7-5-3-2-4-6-7/h2-6H,1H3,(H4,12,13,14,15). The van der Waals surface area contributed by atoms with Crippen molar-refractivity contribution in [1.82, 2.24) is 9.97 Å². The van der Waals surface area contributed by atoms with E-state index in [1.807, 2.05) is 30.3 Å². The van der Waals surface area contributed by atoms with Crippen LogP contribution in [-0.2, 0) is 0 Å². The molecule has 2 aromatic rings. The van der Waals surface area contributed by atoms with Gasteiger partial charge in [0.15, 0.2) is 0 Å². The van der Waals surface area contributed by atoms with Gasteiger partial charge in [-0.15, -0.1) is 0 Å². The van der Waals surface area contributed by atoms with Crippen molar-refractivity contribution in [3.63, 3.8) is 0 Å². The highest BCUT2D eigenvalue weighted by molar-refractivity contribution is 5.82. The van der Waals surface area contributed by atoms with Crippen LogP contribution in [0, 0.1) is 0 Å². The van der Waals surface area contributed by atoms with Crippen molar-refractivity contribution in [1.29, 1.82) is 0 Å². The third-order valence-corrected chi connectivity index (χ3v) is 2.19. The number of nitrogen functional groups attached to an aromatic ring is 2. The Labute approximate surface area is 93.1 Å². The van der Waals surface area contributed by atoms with Crippen LogP contribution in [-0.4, -0.2) is 17.1 Å². The van der Waals surface area contributed by atoms with Gasteiger partial charge in [0.05, 0.1) is 12.7 Å². The maximum Gasteiger partial charge on any atom is 0.320 e. The summed E-state index contributed by atoms with van der Waals surface area (Å²) in [5.74, 6) is 0.631. The number of hydrogen-bond donors (Lipinski definition) is 2. The summed E-state index contributed by atoms with van der Waals surface area (Å²) in [6.45, 7) is 0. The van der Waals surface area contributed by atoms with Crippen molar-refractivity contribution in [2.24, 2.45) is 0 Å². The number of hydrogen-bond acceptors (Lipinski definition) is 5. The van der Waals surface area contributed by atoms with Gasteiger partial charge in [0, 0.05) is 0 Å². The monoisotopic (exact) mass is 216 g/mol. The summed E-state index contributed by atoms with van der Waals surface area (Å²) in [5, 5.41) is 0. The zero-order chi connectivity index (χ0) is 11.5. The SMILES string of the molecule is COc1nc(N)c(-c2ccccc2)c(N)n1. The van der Waals surface area contributed by atoms with Gasteiger partial charge in [0.1, 0.15) is 11.6 Å². The predicted octanol–water partition coefficient (Wildman–Crippen LogP) is 1.32. The first-order chi connectivity index (χ1) is 7.72. The maximum atomic E-state index is 5.82. The van der Waals surface area contributed by atoms with Crippen LogP contribution >= 0.6 is 0 Å². The first-order valence-electron chi connectivity index (χ1n) is 4.74. The Balaban J connectivity index is 2.58. The molecule has 4 N–H and O–H groups in total. The van der Waals surface area contributed by atoms with E-state index in [0.717, 1.165) is 5.56 Å². The van der Waals surface area contributed by atoms with E-state index in [9.17, 15) is 0 Å². The van der Waals surface area contributed by atoms with Crippen LogP contribution < -0.4 is 16.2 Å². The molecule has 0 fully saturated rings. The number of rotatable bonds is 2. The van der Waals surface area contributed by atoms with Crippen molar-refractivity contribution in [2.45, 2.75) is 0 Å². The predicted molar refractivity (Wildman–Crippen MR) is 62.8 cm³/mol. The summed E-state index contributed by atoms with van der Waals surface area (Å²) in [6.07, 6.45) is 0.